The molecule has 1 rings (SSSR count). The average Bonchev–Trinajstić information content (AvgIpc) is 1.65. The lowest BCUT2D eigenvalue weighted by Gasteiger charge is -2.36. The van der Waals surface area contributed by atoms with Crippen LogP contribution in [-0.2, 0) is 4.79 Å². The van der Waals surface area contributed by atoms with Gasteiger partial charge in [0.15, 0.2) is 6.29 Å². The van der Waals surface area contributed by atoms with E-state index in [-0.39, 0.29) is 11.1 Å². The molecule has 1 fully saturated rings. The molecule has 0 bridgehead atoms. The van der Waals surface area contributed by atoms with Gasteiger partial charge in [-0.15, -0.1) is 0 Å². The highest BCUT2D eigenvalue weighted by atomic mass is 16.5. The second-order valence-corrected chi connectivity index (χ2v) is 1.75. The van der Waals surface area contributed by atoms with Crippen molar-refractivity contribution in [3.05, 3.63) is 5.21 Å². The number of hydrogen-bond acceptors (Lipinski definition) is 2. The maximum Gasteiger partial charge on any atom is 0.177 e. The molecule has 0 aliphatic carbocycles. The highest BCUT2D eigenvalue weighted by Gasteiger charge is 2.24. The third-order valence-electron chi connectivity index (χ3n) is 1.28. The molecule has 0 aromatic heterocycles. The molecule has 0 radical (unpaired) electrons. The van der Waals surface area contributed by atoms with Gasteiger partial charge in [0, 0.05) is 0 Å². The van der Waals surface area contributed by atoms with Crippen LogP contribution in [0.2, 0.25) is 0 Å². The molecule has 40 valence electrons. The molecular formula is C4H7NO2. The molecule has 0 saturated carbocycles. The van der Waals surface area contributed by atoms with Gasteiger partial charge in [-0.25, -0.2) is 0 Å². The molecule has 1 N–H and O–H groups in total. The molecule has 1 saturated heterocycles. The smallest absolute Gasteiger partial charge is 0.177 e. The lowest BCUT2D eigenvalue weighted by atomic mass is 10.1. The summed E-state index contributed by atoms with van der Waals surface area (Å²) in [6.07, 6.45) is 1.51. The Morgan fingerprint density at radius 2 is 2.57 bits per heavy atom. The fourth-order valence-corrected chi connectivity index (χ4v) is 0.573. The van der Waals surface area contributed by atoms with E-state index in [2.05, 4.69) is 0 Å². The molecule has 0 spiro atoms. The molecule has 3 heteroatoms. The van der Waals surface area contributed by atoms with Crippen LogP contribution in [0, 0.1) is 5.21 Å². The van der Waals surface area contributed by atoms with E-state index >= 15 is 0 Å². The van der Waals surface area contributed by atoms with Crippen molar-refractivity contribution in [1.29, 1.82) is 0 Å². The molecule has 3 nitrogen and oxygen atoms in total. The fourth-order valence-electron chi connectivity index (χ4n) is 0.573. The lowest BCUT2D eigenvalue weighted by molar-refractivity contribution is -0.907. The number of carbonyl (C=O) groups is 1. The first kappa shape index (κ1) is 4.74. The number of hydroxylamine groups is 2. The number of aldehydes is 1. The van der Waals surface area contributed by atoms with E-state index < -0.39 is 0 Å². The van der Waals surface area contributed by atoms with Gasteiger partial charge in [0.05, 0.1) is 13.0 Å². The van der Waals surface area contributed by atoms with Crippen LogP contribution < -0.4 is 5.06 Å². The molecule has 0 amide bonds. The Hall–Kier alpha value is -0.410. The van der Waals surface area contributed by atoms with E-state index in [1.807, 2.05) is 0 Å². The van der Waals surface area contributed by atoms with Gasteiger partial charge in [-0.2, -0.15) is 0 Å². The SMILES string of the molecule is O=CC1CC[NH+]1[O-]. The molecule has 1 heterocycles. The van der Waals surface area contributed by atoms with Crippen molar-refractivity contribution >= 4 is 6.29 Å². The Kier molecular flexibility index (Phi) is 1.08. The summed E-state index contributed by atoms with van der Waals surface area (Å²) < 4.78 is 0. The monoisotopic (exact) mass is 101 g/mol. The largest absolute Gasteiger partial charge is 0.634 e. The molecule has 1 aliphatic rings. The first-order chi connectivity index (χ1) is 3.34. The zero-order valence-corrected chi connectivity index (χ0v) is 3.89. The Bertz CT molecular complexity index is 83.8. The number of nitrogens with one attached hydrogen (secondary N) is 1. The zero-order valence-electron chi connectivity index (χ0n) is 3.89. The highest BCUT2D eigenvalue weighted by Crippen LogP contribution is 1.87. The molecule has 1 aliphatic heterocycles. The summed E-state index contributed by atoms with van der Waals surface area (Å²) in [6.45, 7) is 0.614. The highest BCUT2D eigenvalue weighted by molar-refractivity contribution is 5.56. The van der Waals surface area contributed by atoms with Crippen molar-refractivity contribution in [3.8, 4) is 0 Å². The Morgan fingerprint density at radius 3 is 2.57 bits per heavy atom. The second-order valence-electron chi connectivity index (χ2n) is 1.75. The van der Waals surface area contributed by atoms with E-state index in [1.165, 1.54) is 0 Å². The molecule has 0 aromatic rings. The van der Waals surface area contributed by atoms with Crippen molar-refractivity contribution in [1.82, 2.24) is 0 Å². The van der Waals surface area contributed by atoms with Crippen molar-refractivity contribution < 1.29 is 9.86 Å². The predicted molar refractivity (Wildman–Crippen MR) is 23.7 cm³/mol. The minimum atomic E-state index is -0.236. The van der Waals surface area contributed by atoms with Crippen LogP contribution in [0.1, 0.15) is 6.42 Å². The van der Waals surface area contributed by atoms with Crippen LogP contribution in [0.25, 0.3) is 0 Å². The quantitative estimate of drug-likeness (QED) is 0.317. The minimum absolute atomic E-state index is 0.106. The van der Waals surface area contributed by atoms with E-state index in [9.17, 15) is 10.0 Å². The summed E-state index contributed by atoms with van der Waals surface area (Å²) in [5.41, 5.74) is 0. The standard InChI is InChI=1S/C4H7NO2/c6-3-4-1-2-5(4)7/h3-5H,1-2H2. The number of rotatable bonds is 1. The summed E-state index contributed by atoms with van der Waals surface area (Å²) >= 11 is 0. The predicted octanol–water partition coefficient (Wildman–Crippen LogP) is -1.66. The van der Waals surface area contributed by atoms with Crippen molar-refractivity contribution in [2.45, 2.75) is 12.5 Å². The summed E-state index contributed by atoms with van der Waals surface area (Å²) in [5, 5.41) is 10.3. The Balaban J connectivity index is 2.28. The van der Waals surface area contributed by atoms with Gasteiger partial charge in [-0.3, -0.25) is 4.79 Å². The van der Waals surface area contributed by atoms with Crippen LogP contribution in [0.15, 0.2) is 0 Å². The van der Waals surface area contributed by atoms with E-state index in [1.54, 1.807) is 0 Å². The third-order valence-corrected chi connectivity index (χ3v) is 1.28. The summed E-state index contributed by atoms with van der Waals surface area (Å²) in [7, 11) is 0. The van der Waals surface area contributed by atoms with Gasteiger partial charge in [-0.1, -0.05) is 0 Å². The minimum Gasteiger partial charge on any atom is -0.634 e. The normalized spacial score (nSPS) is 39.6. The van der Waals surface area contributed by atoms with Crippen LogP contribution in [-0.4, -0.2) is 18.9 Å². The third kappa shape index (κ3) is 0.642. The van der Waals surface area contributed by atoms with Crippen molar-refractivity contribution in [2.75, 3.05) is 6.54 Å². The van der Waals surface area contributed by atoms with Crippen LogP contribution in [0.3, 0.4) is 0 Å². The summed E-state index contributed by atoms with van der Waals surface area (Å²) in [4.78, 5) is 9.78. The number of hydrogen-bond donors (Lipinski definition) is 1. The van der Waals surface area contributed by atoms with Gasteiger partial charge in [0.25, 0.3) is 0 Å². The number of quaternary nitrogens is 1. The fraction of sp³-hybridized carbons (Fsp3) is 0.750. The van der Waals surface area contributed by atoms with Gasteiger partial charge in [0.1, 0.15) is 6.04 Å². The van der Waals surface area contributed by atoms with Crippen molar-refractivity contribution in [3.63, 3.8) is 0 Å². The van der Waals surface area contributed by atoms with Crippen molar-refractivity contribution in [2.24, 2.45) is 0 Å². The Morgan fingerprint density at radius 1 is 1.86 bits per heavy atom. The summed E-state index contributed by atoms with van der Waals surface area (Å²) in [5.74, 6) is 0. The molecule has 7 heavy (non-hydrogen) atoms. The maximum atomic E-state index is 10.2. The number of carbonyl (C=O) groups excluding carboxylic acids is 1. The van der Waals surface area contributed by atoms with E-state index in [0.29, 0.717) is 6.54 Å². The van der Waals surface area contributed by atoms with Gasteiger partial charge in [0.2, 0.25) is 0 Å². The van der Waals surface area contributed by atoms with Gasteiger partial charge >= 0.3 is 0 Å². The molecule has 0 aromatic carbocycles. The van der Waals surface area contributed by atoms with Crippen LogP contribution in [0.5, 0.6) is 0 Å². The topological polar surface area (TPSA) is 44.6 Å². The van der Waals surface area contributed by atoms with Gasteiger partial charge < -0.3 is 10.3 Å². The van der Waals surface area contributed by atoms with Gasteiger partial charge in [-0.05, 0) is 0 Å². The molecule has 2 atom stereocenters. The van der Waals surface area contributed by atoms with Crippen LogP contribution in [0.4, 0.5) is 0 Å². The maximum absolute atomic E-state index is 10.2. The average molecular weight is 101 g/mol. The first-order valence-corrected chi connectivity index (χ1v) is 2.32. The van der Waals surface area contributed by atoms with E-state index in [4.69, 9.17) is 0 Å². The van der Waals surface area contributed by atoms with Crippen LogP contribution >= 0.6 is 0 Å². The molecule has 2 unspecified atom stereocenters. The zero-order chi connectivity index (χ0) is 5.28. The second kappa shape index (κ2) is 1.60. The lowest BCUT2D eigenvalue weighted by Crippen LogP contribution is -3.18. The Labute approximate surface area is 41.5 Å². The summed E-state index contributed by atoms with van der Waals surface area (Å²) in [6, 6.07) is -0.236. The van der Waals surface area contributed by atoms with E-state index in [0.717, 1.165) is 12.7 Å². The molecular weight excluding hydrogens is 94.0 g/mol. The first-order valence-electron chi connectivity index (χ1n) is 2.32.